The Kier molecular flexibility index (Phi) is 6.86. The number of ether oxygens (including phenoxy) is 2. The number of hydrogen-bond acceptors (Lipinski definition) is 6. The first-order chi connectivity index (χ1) is 16.8. The average molecular weight is 476 g/mol. The van der Waals surface area contributed by atoms with E-state index in [0.29, 0.717) is 41.1 Å². The number of benzene rings is 2. The SMILES string of the molecule is COc1ccc(CCNC(=O)C(C)n2nc(C)c3c(C)n(-c4ccccc4)nc3c2=O)cc1OC. The minimum atomic E-state index is -0.793. The summed E-state index contributed by atoms with van der Waals surface area (Å²) in [5.74, 6) is 0.988. The van der Waals surface area contributed by atoms with Crippen molar-refractivity contribution in [3.63, 3.8) is 0 Å². The molecule has 0 saturated carbocycles. The van der Waals surface area contributed by atoms with Gasteiger partial charge in [0.15, 0.2) is 17.0 Å². The van der Waals surface area contributed by atoms with Gasteiger partial charge in [-0.1, -0.05) is 24.3 Å². The van der Waals surface area contributed by atoms with Crippen molar-refractivity contribution in [2.24, 2.45) is 0 Å². The van der Waals surface area contributed by atoms with Gasteiger partial charge >= 0.3 is 0 Å². The lowest BCUT2D eigenvalue weighted by Crippen LogP contribution is -2.38. The van der Waals surface area contributed by atoms with Gasteiger partial charge in [0.05, 0.1) is 36.7 Å². The first kappa shape index (κ1) is 24.0. The zero-order valence-electron chi connectivity index (χ0n) is 20.5. The molecule has 9 nitrogen and oxygen atoms in total. The molecular formula is C26H29N5O4. The van der Waals surface area contributed by atoms with Crippen LogP contribution in [-0.2, 0) is 11.2 Å². The molecule has 0 aliphatic carbocycles. The fraction of sp³-hybridized carbons (Fsp3) is 0.308. The van der Waals surface area contributed by atoms with Crippen LogP contribution in [0.3, 0.4) is 0 Å². The summed E-state index contributed by atoms with van der Waals surface area (Å²) in [5.41, 5.74) is 3.21. The molecule has 2 aromatic carbocycles. The van der Waals surface area contributed by atoms with E-state index in [9.17, 15) is 9.59 Å². The third-order valence-electron chi connectivity index (χ3n) is 6.05. The van der Waals surface area contributed by atoms with Gasteiger partial charge in [-0.2, -0.15) is 10.2 Å². The standard InChI is InChI=1S/C26H29N5O4/c1-16-23-17(2)30(20-9-7-6-8-10-20)29-24(23)26(33)31(28-16)18(3)25(32)27-14-13-19-11-12-21(34-4)22(15-19)35-5/h6-12,15,18H,13-14H2,1-5H3,(H,27,32). The normalized spacial score (nSPS) is 11.9. The highest BCUT2D eigenvalue weighted by atomic mass is 16.5. The van der Waals surface area contributed by atoms with Crippen molar-refractivity contribution in [3.8, 4) is 17.2 Å². The van der Waals surface area contributed by atoms with Crippen LogP contribution in [0.1, 0.15) is 29.9 Å². The minimum Gasteiger partial charge on any atom is -0.493 e. The van der Waals surface area contributed by atoms with E-state index in [-0.39, 0.29) is 5.91 Å². The molecule has 9 heteroatoms. The Hall–Kier alpha value is -4.14. The van der Waals surface area contributed by atoms with Gasteiger partial charge in [0.1, 0.15) is 6.04 Å². The highest BCUT2D eigenvalue weighted by Crippen LogP contribution is 2.27. The maximum Gasteiger partial charge on any atom is 0.295 e. The van der Waals surface area contributed by atoms with Crippen LogP contribution in [0.15, 0.2) is 53.3 Å². The molecule has 0 spiro atoms. The van der Waals surface area contributed by atoms with Crippen LogP contribution in [0, 0.1) is 13.8 Å². The van der Waals surface area contributed by atoms with E-state index in [1.54, 1.807) is 25.8 Å². The molecule has 2 aromatic heterocycles. The average Bonchev–Trinajstić information content (AvgIpc) is 3.24. The number of amides is 1. The molecule has 0 radical (unpaired) electrons. The Morgan fingerprint density at radius 1 is 1.03 bits per heavy atom. The number of hydrogen-bond donors (Lipinski definition) is 1. The molecular weight excluding hydrogens is 446 g/mol. The van der Waals surface area contributed by atoms with Crippen molar-refractivity contribution >= 4 is 16.8 Å². The van der Waals surface area contributed by atoms with Gasteiger partial charge in [-0.05, 0) is 57.0 Å². The van der Waals surface area contributed by atoms with Gasteiger partial charge < -0.3 is 14.8 Å². The zero-order chi connectivity index (χ0) is 25.1. The number of para-hydroxylation sites is 1. The summed E-state index contributed by atoms with van der Waals surface area (Å²) < 4.78 is 13.5. The van der Waals surface area contributed by atoms with Gasteiger partial charge in [-0.25, -0.2) is 9.36 Å². The van der Waals surface area contributed by atoms with Crippen molar-refractivity contribution in [2.45, 2.75) is 33.2 Å². The monoisotopic (exact) mass is 475 g/mol. The zero-order valence-corrected chi connectivity index (χ0v) is 20.5. The number of nitrogens with one attached hydrogen (secondary N) is 1. The van der Waals surface area contributed by atoms with E-state index in [2.05, 4.69) is 15.5 Å². The molecule has 1 unspecified atom stereocenters. The second kappa shape index (κ2) is 10.0. The van der Waals surface area contributed by atoms with Crippen molar-refractivity contribution in [1.29, 1.82) is 0 Å². The van der Waals surface area contributed by atoms with Gasteiger partial charge in [-0.15, -0.1) is 0 Å². The van der Waals surface area contributed by atoms with Crippen LogP contribution >= 0.6 is 0 Å². The summed E-state index contributed by atoms with van der Waals surface area (Å²) in [4.78, 5) is 26.1. The molecule has 4 rings (SSSR count). The molecule has 0 saturated heterocycles. The summed E-state index contributed by atoms with van der Waals surface area (Å²) >= 11 is 0. The lowest BCUT2D eigenvalue weighted by atomic mass is 10.1. The maximum absolute atomic E-state index is 13.3. The molecule has 0 bridgehead atoms. The fourth-order valence-corrected chi connectivity index (χ4v) is 4.16. The van der Waals surface area contributed by atoms with Crippen LogP contribution in [0.25, 0.3) is 16.6 Å². The lowest BCUT2D eigenvalue weighted by molar-refractivity contribution is -0.124. The van der Waals surface area contributed by atoms with Gasteiger partial charge in [0, 0.05) is 6.54 Å². The lowest BCUT2D eigenvalue weighted by Gasteiger charge is -2.15. The number of methoxy groups -OCH3 is 2. The molecule has 4 aromatic rings. The molecule has 2 heterocycles. The Morgan fingerprint density at radius 3 is 2.43 bits per heavy atom. The molecule has 0 aliphatic rings. The highest BCUT2D eigenvalue weighted by Gasteiger charge is 2.23. The van der Waals surface area contributed by atoms with Crippen molar-refractivity contribution in [1.82, 2.24) is 24.9 Å². The Morgan fingerprint density at radius 2 is 1.74 bits per heavy atom. The fourth-order valence-electron chi connectivity index (χ4n) is 4.16. The van der Waals surface area contributed by atoms with E-state index < -0.39 is 11.6 Å². The predicted octanol–water partition coefficient (Wildman–Crippen LogP) is 3.14. The molecule has 0 fully saturated rings. The summed E-state index contributed by atoms with van der Waals surface area (Å²) in [7, 11) is 3.17. The number of carbonyl (C=O) groups excluding carboxylic acids is 1. The first-order valence-corrected chi connectivity index (χ1v) is 11.4. The summed E-state index contributed by atoms with van der Waals surface area (Å²) in [5, 5.41) is 12.6. The molecule has 0 aliphatic heterocycles. The van der Waals surface area contributed by atoms with Crippen LogP contribution in [0.5, 0.6) is 11.5 Å². The summed E-state index contributed by atoms with van der Waals surface area (Å²) in [6.45, 7) is 5.79. The summed E-state index contributed by atoms with van der Waals surface area (Å²) in [6, 6.07) is 14.4. The number of fused-ring (bicyclic) bond motifs is 1. The second-order valence-corrected chi connectivity index (χ2v) is 8.30. The molecule has 35 heavy (non-hydrogen) atoms. The third-order valence-corrected chi connectivity index (χ3v) is 6.05. The Balaban J connectivity index is 1.53. The van der Waals surface area contributed by atoms with E-state index in [4.69, 9.17) is 9.47 Å². The second-order valence-electron chi connectivity index (χ2n) is 8.30. The molecule has 1 N–H and O–H groups in total. The largest absolute Gasteiger partial charge is 0.493 e. The van der Waals surface area contributed by atoms with E-state index in [0.717, 1.165) is 16.9 Å². The quantitative estimate of drug-likeness (QED) is 0.420. The van der Waals surface area contributed by atoms with Gasteiger partial charge in [-0.3, -0.25) is 9.59 Å². The van der Waals surface area contributed by atoms with E-state index in [1.807, 2.05) is 62.4 Å². The number of aromatic nitrogens is 4. The maximum atomic E-state index is 13.3. The van der Waals surface area contributed by atoms with Crippen molar-refractivity contribution < 1.29 is 14.3 Å². The minimum absolute atomic E-state index is 0.293. The molecule has 1 amide bonds. The third kappa shape index (κ3) is 4.62. The Bertz CT molecular complexity index is 1430. The predicted molar refractivity (Wildman–Crippen MR) is 134 cm³/mol. The number of carbonyl (C=O) groups is 1. The van der Waals surface area contributed by atoms with Crippen LogP contribution in [0.4, 0.5) is 0 Å². The highest BCUT2D eigenvalue weighted by molar-refractivity contribution is 5.84. The topological polar surface area (TPSA) is 100 Å². The van der Waals surface area contributed by atoms with Crippen LogP contribution in [-0.4, -0.2) is 46.2 Å². The van der Waals surface area contributed by atoms with Gasteiger partial charge in [0.2, 0.25) is 5.91 Å². The number of nitrogens with zero attached hydrogens (tertiary/aromatic N) is 4. The van der Waals surface area contributed by atoms with Gasteiger partial charge in [0.25, 0.3) is 5.56 Å². The Labute approximate surface area is 203 Å². The first-order valence-electron chi connectivity index (χ1n) is 11.4. The smallest absolute Gasteiger partial charge is 0.295 e. The van der Waals surface area contributed by atoms with Crippen LogP contribution < -0.4 is 20.3 Å². The molecule has 182 valence electrons. The number of rotatable bonds is 8. The van der Waals surface area contributed by atoms with Crippen molar-refractivity contribution in [2.75, 3.05) is 20.8 Å². The van der Waals surface area contributed by atoms with E-state index in [1.165, 1.54) is 4.68 Å². The van der Waals surface area contributed by atoms with Crippen LogP contribution in [0.2, 0.25) is 0 Å². The van der Waals surface area contributed by atoms with Crippen molar-refractivity contribution in [3.05, 3.63) is 75.8 Å². The molecule has 1 atom stereocenters. The van der Waals surface area contributed by atoms with E-state index >= 15 is 0 Å². The summed E-state index contributed by atoms with van der Waals surface area (Å²) in [6.07, 6.45) is 0.597. The number of aryl methyl sites for hydroxylation is 2.